The summed E-state index contributed by atoms with van der Waals surface area (Å²) in [5.41, 5.74) is 3.72. The number of fused-ring (bicyclic) bond motifs is 1. The molecule has 4 heteroatoms. The Balaban J connectivity index is 2.04. The Kier molecular flexibility index (Phi) is 1.47. The zero-order valence-electron chi connectivity index (χ0n) is 7.46. The van der Waals surface area contributed by atoms with Gasteiger partial charge in [0.2, 0.25) is 0 Å². The van der Waals surface area contributed by atoms with Crippen LogP contribution >= 0.6 is 0 Å². The summed E-state index contributed by atoms with van der Waals surface area (Å²) in [5, 5.41) is 11.1. The number of aromatic nitrogens is 4. The minimum Gasteiger partial charge on any atom is -0.204 e. The van der Waals surface area contributed by atoms with Crippen molar-refractivity contribution in [1.82, 2.24) is 20.2 Å². The van der Waals surface area contributed by atoms with E-state index < -0.39 is 0 Å². The molecule has 68 valence electrons. The molecular formula is C10H8N4. The molecule has 0 saturated heterocycles. The van der Waals surface area contributed by atoms with Crippen molar-refractivity contribution in [2.75, 3.05) is 0 Å². The molecule has 0 aliphatic heterocycles. The van der Waals surface area contributed by atoms with Crippen molar-refractivity contribution in [3.8, 4) is 0 Å². The van der Waals surface area contributed by atoms with E-state index in [9.17, 15) is 0 Å². The fourth-order valence-electron chi connectivity index (χ4n) is 1.70. The van der Waals surface area contributed by atoms with Gasteiger partial charge in [-0.2, -0.15) is 0 Å². The molecule has 1 aromatic heterocycles. The first kappa shape index (κ1) is 7.44. The largest absolute Gasteiger partial charge is 0.204 e. The molecule has 0 unspecified atom stereocenters. The Bertz CT molecular complexity index is 485. The maximum absolute atomic E-state index is 3.87. The second-order valence-corrected chi connectivity index (χ2v) is 3.27. The van der Waals surface area contributed by atoms with Gasteiger partial charge in [-0.3, -0.25) is 0 Å². The summed E-state index contributed by atoms with van der Waals surface area (Å²) in [6.45, 7) is 0. The van der Waals surface area contributed by atoms with E-state index in [4.69, 9.17) is 0 Å². The van der Waals surface area contributed by atoms with Crippen molar-refractivity contribution in [3.63, 3.8) is 0 Å². The van der Waals surface area contributed by atoms with Gasteiger partial charge in [0.1, 0.15) is 6.33 Å². The van der Waals surface area contributed by atoms with Gasteiger partial charge < -0.3 is 0 Å². The lowest BCUT2D eigenvalue weighted by molar-refractivity contribution is 0.793. The minimum absolute atomic E-state index is 0.904. The number of nitrogens with zero attached hydrogens (tertiary/aromatic N) is 4. The summed E-state index contributed by atoms with van der Waals surface area (Å²) in [7, 11) is 0. The van der Waals surface area contributed by atoms with Gasteiger partial charge in [0.05, 0.1) is 5.70 Å². The highest BCUT2D eigenvalue weighted by Crippen LogP contribution is 2.26. The maximum Gasteiger partial charge on any atom is 0.143 e. The van der Waals surface area contributed by atoms with Crippen LogP contribution in [0.5, 0.6) is 0 Å². The van der Waals surface area contributed by atoms with E-state index in [2.05, 4.69) is 39.8 Å². The molecule has 0 amide bonds. The van der Waals surface area contributed by atoms with Gasteiger partial charge in [-0.15, -0.1) is 5.10 Å². The van der Waals surface area contributed by atoms with Crippen LogP contribution in [0.4, 0.5) is 0 Å². The number of tetrazole rings is 1. The van der Waals surface area contributed by atoms with Gasteiger partial charge >= 0.3 is 0 Å². The molecule has 1 heterocycles. The Morgan fingerprint density at radius 1 is 1.21 bits per heavy atom. The quantitative estimate of drug-likeness (QED) is 0.669. The standard InChI is InChI=1S/C10H8N4/c1-2-4-9-6-10(5-8(9)3-1)14-7-11-12-13-14/h1-5,7H,6H2. The van der Waals surface area contributed by atoms with Gasteiger partial charge in [0, 0.05) is 6.42 Å². The molecule has 1 aromatic carbocycles. The monoisotopic (exact) mass is 184 g/mol. The average Bonchev–Trinajstić information content (AvgIpc) is 2.86. The first-order valence-corrected chi connectivity index (χ1v) is 4.45. The topological polar surface area (TPSA) is 43.6 Å². The highest BCUT2D eigenvalue weighted by atomic mass is 15.5. The molecule has 0 atom stereocenters. The fourth-order valence-corrected chi connectivity index (χ4v) is 1.70. The van der Waals surface area contributed by atoms with Crippen LogP contribution in [0.2, 0.25) is 0 Å². The normalized spacial score (nSPS) is 13.9. The molecule has 0 bridgehead atoms. The molecule has 0 radical (unpaired) electrons. The number of hydrogen-bond acceptors (Lipinski definition) is 3. The summed E-state index contributed by atoms with van der Waals surface area (Å²) in [6, 6.07) is 8.32. The zero-order chi connectivity index (χ0) is 9.38. The van der Waals surface area contributed by atoms with Crippen molar-refractivity contribution < 1.29 is 0 Å². The van der Waals surface area contributed by atoms with Gasteiger partial charge in [0.25, 0.3) is 0 Å². The Morgan fingerprint density at radius 3 is 2.93 bits per heavy atom. The summed E-state index contributed by atoms with van der Waals surface area (Å²) in [6.07, 6.45) is 4.64. The number of hydrogen-bond donors (Lipinski definition) is 0. The lowest BCUT2D eigenvalue weighted by Crippen LogP contribution is -1.97. The summed E-state index contributed by atoms with van der Waals surface area (Å²) in [5.74, 6) is 0. The molecule has 4 nitrogen and oxygen atoms in total. The number of benzene rings is 1. The van der Waals surface area contributed by atoms with Crippen molar-refractivity contribution in [3.05, 3.63) is 41.7 Å². The summed E-state index contributed by atoms with van der Waals surface area (Å²) < 4.78 is 1.71. The van der Waals surface area contributed by atoms with Gasteiger partial charge in [-0.1, -0.05) is 24.3 Å². The van der Waals surface area contributed by atoms with Crippen molar-refractivity contribution in [2.45, 2.75) is 6.42 Å². The molecular weight excluding hydrogens is 176 g/mol. The second kappa shape index (κ2) is 2.77. The van der Waals surface area contributed by atoms with E-state index in [1.807, 2.05) is 6.07 Å². The van der Waals surface area contributed by atoms with Crippen LogP contribution in [0.1, 0.15) is 11.1 Å². The van der Waals surface area contributed by atoms with Crippen molar-refractivity contribution >= 4 is 11.8 Å². The van der Waals surface area contributed by atoms with Crippen LogP contribution < -0.4 is 0 Å². The first-order valence-electron chi connectivity index (χ1n) is 4.45. The zero-order valence-corrected chi connectivity index (χ0v) is 7.46. The number of rotatable bonds is 1. The van der Waals surface area contributed by atoms with E-state index in [-0.39, 0.29) is 0 Å². The van der Waals surface area contributed by atoms with Crippen molar-refractivity contribution in [2.24, 2.45) is 0 Å². The predicted octanol–water partition coefficient (Wildman–Crippen LogP) is 1.23. The smallest absolute Gasteiger partial charge is 0.143 e. The SMILES string of the molecule is C1=C(n2cnnn2)Cc2ccccc21. The summed E-state index contributed by atoms with van der Waals surface area (Å²) in [4.78, 5) is 0. The number of allylic oxidation sites excluding steroid dienone is 1. The van der Waals surface area contributed by atoms with Crippen LogP contribution in [0.15, 0.2) is 30.6 Å². The van der Waals surface area contributed by atoms with Crippen LogP contribution in [-0.2, 0) is 6.42 Å². The minimum atomic E-state index is 0.904. The third kappa shape index (κ3) is 1.04. The van der Waals surface area contributed by atoms with Gasteiger partial charge in [0.15, 0.2) is 0 Å². The molecule has 0 saturated carbocycles. The fraction of sp³-hybridized carbons (Fsp3) is 0.100. The highest BCUT2D eigenvalue weighted by molar-refractivity contribution is 5.79. The molecule has 1 aliphatic rings. The maximum atomic E-state index is 3.87. The molecule has 0 spiro atoms. The van der Waals surface area contributed by atoms with E-state index >= 15 is 0 Å². The molecule has 2 aromatic rings. The van der Waals surface area contributed by atoms with Crippen molar-refractivity contribution in [1.29, 1.82) is 0 Å². The predicted molar refractivity (Wildman–Crippen MR) is 52.1 cm³/mol. The van der Waals surface area contributed by atoms with E-state index in [1.54, 1.807) is 11.0 Å². The Morgan fingerprint density at radius 2 is 2.14 bits per heavy atom. The highest BCUT2D eigenvalue weighted by Gasteiger charge is 2.13. The molecule has 0 N–H and O–H groups in total. The first-order chi connectivity index (χ1) is 6.93. The van der Waals surface area contributed by atoms with Gasteiger partial charge in [-0.25, -0.2) is 4.68 Å². The van der Waals surface area contributed by atoms with E-state index in [0.29, 0.717) is 0 Å². The average molecular weight is 184 g/mol. The van der Waals surface area contributed by atoms with Crippen LogP contribution in [0.25, 0.3) is 11.8 Å². The third-order valence-corrected chi connectivity index (χ3v) is 2.39. The van der Waals surface area contributed by atoms with Gasteiger partial charge in [-0.05, 0) is 27.6 Å². The molecule has 1 aliphatic carbocycles. The van der Waals surface area contributed by atoms with E-state index in [0.717, 1.165) is 12.1 Å². The van der Waals surface area contributed by atoms with Crippen LogP contribution in [-0.4, -0.2) is 20.2 Å². The second-order valence-electron chi connectivity index (χ2n) is 3.27. The molecule has 3 rings (SSSR count). The van der Waals surface area contributed by atoms with E-state index in [1.165, 1.54) is 11.1 Å². The molecule has 14 heavy (non-hydrogen) atoms. The third-order valence-electron chi connectivity index (χ3n) is 2.39. The lowest BCUT2D eigenvalue weighted by Gasteiger charge is -1.97. The summed E-state index contributed by atoms with van der Waals surface area (Å²) >= 11 is 0. The van der Waals surface area contributed by atoms with Crippen LogP contribution in [0, 0.1) is 0 Å². The molecule has 0 fully saturated rings. The van der Waals surface area contributed by atoms with Crippen LogP contribution in [0.3, 0.4) is 0 Å². The Labute approximate surface area is 80.9 Å². The Hall–Kier alpha value is -1.97. The lowest BCUT2D eigenvalue weighted by atomic mass is 10.1.